The number of likely N-dealkylation sites (tertiary alicyclic amines) is 1. The van der Waals surface area contributed by atoms with Gasteiger partial charge in [-0.2, -0.15) is 13.2 Å². The third-order valence-electron chi connectivity index (χ3n) is 5.22. The number of benzene rings is 1. The highest BCUT2D eigenvalue weighted by Gasteiger charge is 2.32. The number of piperidine rings is 1. The smallest absolute Gasteiger partial charge is 0.416 e. The predicted octanol–water partition coefficient (Wildman–Crippen LogP) is 5.47. The van der Waals surface area contributed by atoms with Gasteiger partial charge in [-0.15, -0.1) is 0 Å². The number of alkyl halides is 3. The molecule has 0 aliphatic carbocycles. The van der Waals surface area contributed by atoms with Gasteiger partial charge in [0.15, 0.2) is 5.82 Å². The largest absolute Gasteiger partial charge is 0.491 e. The number of nitrogens with zero attached hydrogens (tertiary/aromatic N) is 3. The van der Waals surface area contributed by atoms with E-state index in [0.717, 1.165) is 25.0 Å². The number of ether oxygens (including phenoxy) is 2. The quantitative estimate of drug-likeness (QED) is 0.554. The summed E-state index contributed by atoms with van der Waals surface area (Å²) >= 11 is 0. The summed E-state index contributed by atoms with van der Waals surface area (Å²) in [6.07, 6.45) is -0.733. The molecule has 0 radical (unpaired) electrons. The minimum atomic E-state index is -4.61. The molecule has 3 rings (SSSR count). The Morgan fingerprint density at radius 1 is 1.14 bits per heavy atom. The van der Waals surface area contributed by atoms with E-state index in [0.29, 0.717) is 18.8 Å². The van der Waals surface area contributed by atoms with Crippen LogP contribution in [0.3, 0.4) is 0 Å². The molecular formula is C24H30F3N5O4. The van der Waals surface area contributed by atoms with Crippen molar-refractivity contribution in [3.63, 3.8) is 0 Å². The molecule has 196 valence electrons. The zero-order valence-corrected chi connectivity index (χ0v) is 20.6. The van der Waals surface area contributed by atoms with E-state index in [9.17, 15) is 22.8 Å². The van der Waals surface area contributed by atoms with Crippen molar-refractivity contribution in [2.24, 2.45) is 5.92 Å². The molecule has 3 amide bonds. The van der Waals surface area contributed by atoms with Crippen molar-refractivity contribution in [2.75, 3.05) is 30.3 Å². The van der Waals surface area contributed by atoms with Crippen molar-refractivity contribution in [3.05, 3.63) is 41.9 Å². The molecule has 1 fully saturated rings. The number of anilines is 2. The SMILES string of the molecule is Cc1cnc(NC(=O)Nc2cc(C(F)(F)F)ccc2OC[C@H]2CCCN(C(=O)OC(C)(C)C)C2)cn1. The molecule has 36 heavy (non-hydrogen) atoms. The van der Waals surface area contributed by atoms with Crippen molar-refractivity contribution >= 4 is 23.6 Å². The van der Waals surface area contributed by atoms with E-state index in [-0.39, 0.29) is 29.8 Å². The summed E-state index contributed by atoms with van der Waals surface area (Å²) < 4.78 is 51.1. The molecule has 9 nitrogen and oxygen atoms in total. The first-order valence-electron chi connectivity index (χ1n) is 11.5. The molecule has 1 atom stereocenters. The monoisotopic (exact) mass is 509 g/mol. The van der Waals surface area contributed by atoms with Crippen LogP contribution in [0, 0.1) is 12.8 Å². The Bertz CT molecular complexity index is 1070. The maximum atomic E-state index is 13.3. The number of halogens is 3. The molecule has 0 bridgehead atoms. The fraction of sp³-hybridized carbons (Fsp3) is 0.500. The van der Waals surface area contributed by atoms with E-state index in [1.807, 2.05) is 0 Å². The number of nitrogens with one attached hydrogen (secondary N) is 2. The Balaban J connectivity index is 1.69. The Kier molecular flexibility index (Phi) is 8.26. The van der Waals surface area contributed by atoms with Gasteiger partial charge in [0.05, 0.1) is 35.9 Å². The number of urea groups is 1. The molecule has 1 aromatic heterocycles. The maximum absolute atomic E-state index is 13.3. The fourth-order valence-electron chi connectivity index (χ4n) is 3.56. The van der Waals surface area contributed by atoms with Crippen LogP contribution in [0.5, 0.6) is 5.75 Å². The minimum Gasteiger partial charge on any atom is -0.491 e. The standard InChI is InChI=1S/C24H30F3N5O4/c1-15-11-29-20(12-28-15)31-21(33)30-18-10-17(24(25,26)27)7-8-19(18)35-14-16-6-5-9-32(13-16)22(34)36-23(2,3)4/h7-8,10-12,16H,5-6,9,13-14H2,1-4H3,(H2,29,30,31,33)/t16-/m0/s1. The topological polar surface area (TPSA) is 106 Å². The van der Waals surface area contributed by atoms with E-state index >= 15 is 0 Å². The van der Waals surface area contributed by atoms with Gasteiger partial charge in [-0.05, 0) is 58.7 Å². The van der Waals surface area contributed by atoms with E-state index < -0.39 is 29.5 Å². The molecule has 2 heterocycles. The van der Waals surface area contributed by atoms with Gasteiger partial charge >= 0.3 is 18.3 Å². The van der Waals surface area contributed by atoms with Crippen LogP contribution in [-0.4, -0.2) is 52.3 Å². The summed E-state index contributed by atoms with van der Waals surface area (Å²) in [5, 5.41) is 4.83. The van der Waals surface area contributed by atoms with Gasteiger partial charge in [0.25, 0.3) is 0 Å². The molecular weight excluding hydrogens is 479 g/mol. The number of aromatic nitrogens is 2. The van der Waals surface area contributed by atoms with Crippen molar-refractivity contribution in [3.8, 4) is 5.75 Å². The fourth-order valence-corrected chi connectivity index (χ4v) is 3.56. The maximum Gasteiger partial charge on any atom is 0.416 e. The summed E-state index contributed by atoms with van der Waals surface area (Å²) in [6, 6.07) is 2.06. The lowest BCUT2D eigenvalue weighted by Crippen LogP contribution is -2.44. The first-order chi connectivity index (χ1) is 16.8. The van der Waals surface area contributed by atoms with Crippen LogP contribution in [0.2, 0.25) is 0 Å². The summed E-state index contributed by atoms with van der Waals surface area (Å²) in [4.78, 5) is 34.4. The molecule has 0 unspecified atom stereocenters. The lowest BCUT2D eigenvalue weighted by atomic mass is 9.99. The molecule has 12 heteroatoms. The highest BCUT2D eigenvalue weighted by Crippen LogP contribution is 2.35. The molecule has 2 aromatic rings. The van der Waals surface area contributed by atoms with Gasteiger partial charge in [0, 0.05) is 19.0 Å². The third-order valence-corrected chi connectivity index (χ3v) is 5.22. The van der Waals surface area contributed by atoms with Crippen LogP contribution in [0.1, 0.15) is 44.9 Å². The molecule has 1 aliphatic rings. The Hall–Kier alpha value is -3.57. The van der Waals surface area contributed by atoms with Crippen LogP contribution in [0.4, 0.5) is 34.3 Å². The van der Waals surface area contributed by atoms with E-state index in [1.165, 1.54) is 18.5 Å². The molecule has 1 aliphatic heterocycles. The van der Waals surface area contributed by atoms with Crippen LogP contribution in [-0.2, 0) is 10.9 Å². The molecule has 0 saturated carbocycles. The Labute approximate surface area is 207 Å². The zero-order chi connectivity index (χ0) is 26.5. The summed E-state index contributed by atoms with van der Waals surface area (Å²) in [6.45, 7) is 8.18. The first-order valence-corrected chi connectivity index (χ1v) is 11.5. The average Bonchev–Trinajstić information content (AvgIpc) is 2.78. The van der Waals surface area contributed by atoms with E-state index in [2.05, 4.69) is 20.6 Å². The normalized spacial score (nSPS) is 16.3. The Morgan fingerprint density at radius 3 is 2.53 bits per heavy atom. The van der Waals surface area contributed by atoms with Crippen molar-refractivity contribution in [1.82, 2.24) is 14.9 Å². The number of hydrogen-bond donors (Lipinski definition) is 2. The number of rotatable bonds is 5. The van der Waals surface area contributed by atoms with Crippen molar-refractivity contribution < 1.29 is 32.2 Å². The van der Waals surface area contributed by atoms with Gasteiger partial charge in [-0.3, -0.25) is 10.3 Å². The number of aryl methyl sites for hydroxylation is 1. The number of hydrogen-bond acceptors (Lipinski definition) is 6. The number of carbonyl (C=O) groups is 2. The zero-order valence-electron chi connectivity index (χ0n) is 20.6. The van der Waals surface area contributed by atoms with Crippen molar-refractivity contribution in [1.29, 1.82) is 0 Å². The highest BCUT2D eigenvalue weighted by molar-refractivity contribution is 6.00. The van der Waals surface area contributed by atoms with E-state index in [1.54, 1.807) is 32.6 Å². The molecule has 0 spiro atoms. The second-order valence-corrected chi connectivity index (χ2v) is 9.58. The summed E-state index contributed by atoms with van der Waals surface area (Å²) in [5.41, 5.74) is -1.06. The van der Waals surface area contributed by atoms with Gasteiger partial charge < -0.3 is 19.7 Å². The highest BCUT2D eigenvalue weighted by atomic mass is 19.4. The lowest BCUT2D eigenvalue weighted by molar-refractivity contribution is -0.137. The van der Waals surface area contributed by atoms with Crippen LogP contribution in [0.15, 0.2) is 30.6 Å². The summed E-state index contributed by atoms with van der Waals surface area (Å²) in [5.74, 6) is 0.151. The van der Waals surface area contributed by atoms with E-state index in [4.69, 9.17) is 9.47 Å². The van der Waals surface area contributed by atoms with Crippen molar-refractivity contribution in [2.45, 2.75) is 52.3 Å². The lowest BCUT2D eigenvalue weighted by Gasteiger charge is -2.34. The molecule has 2 N–H and O–H groups in total. The van der Waals surface area contributed by atoms with Gasteiger partial charge in [-0.25, -0.2) is 14.6 Å². The first kappa shape index (κ1) is 27.0. The summed E-state index contributed by atoms with van der Waals surface area (Å²) in [7, 11) is 0. The minimum absolute atomic E-state index is 0.0573. The average molecular weight is 510 g/mol. The molecule has 1 saturated heterocycles. The predicted molar refractivity (Wildman–Crippen MR) is 127 cm³/mol. The van der Waals surface area contributed by atoms with Crippen LogP contribution in [0.25, 0.3) is 0 Å². The van der Waals surface area contributed by atoms with Gasteiger partial charge in [0.1, 0.15) is 11.4 Å². The van der Waals surface area contributed by atoms with Crippen LogP contribution >= 0.6 is 0 Å². The second-order valence-electron chi connectivity index (χ2n) is 9.58. The third kappa shape index (κ3) is 7.99. The Morgan fingerprint density at radius 2 is 1.89 bits per heavy atom. The van der Waals surface area contributed by atoms with Gasteiger partial charge in [-0.1, -0.05) is 0 Å². The second kappa shape index (κ2) is 11.0. The van der Waals surface area contributed by atoms with Crippen LogP contribution < -0.4 is 15.4 Å². The van der Waals surface area contributed by atoms with Gasteiger partial charge in [0.2, 0.25) is 0 Å². The number of amides is 3. The molecule has 1 aromatic carbocycles. The number of carbonyl (C=O) groups excluding carboxylic acids is 2.